The number of nitrogens with one attached hydrogen (secondary N) is 3. The summed E-state index contributed by atoms with van der Waals surface area (Å²) >= 11 is 0. The average Bonchev–Trinajstić information content (AvgIpc) is 2.89. The largest absolute Gasteiger partial charge is 0.356 e. The predicted octanol–water partition coefficient (Wildman–Crippen LogP) is -0.0637. The lowest BCUT2D eigenvalue weighted by molar-refractivity contribution is -0.166. The molecule has 0 aromatic carbocycles. The molecule has 2 unspecified atom stereocenters. The first-order valence-electron chi connectivity index (χ1n) is 12.7. The summed E-state index contributed by atoms with van der Waals surface area (Å²) in [6.07, 6.45) is -1.74. The van der Waals surface area contributed by atoms with E-state index in [2.05, 4.69) is 16.0 Å². The van der Waals surface area contributed by atoms with Gasteiger partial charge in [0.15, 0.2) is 0 Å². The smallest absolute Gasteiger partial charge is 0.246 e. The van der Waals surface area contributed by atoms with Crippen molar-refractivity contribution in [1.82, 2.24) is 26.1 Å². The van der Waals surface area contributed by atoms with Gasteiger partial charge in [-0.2, -0.15) is 0 Å². The molecule has 2 atom stereocenters. The van der Waals surface area contributed by atoms with Crippen molar-refractivity contribution < 1.29 is 43.2 Å². The van der Waals surface area contributed by atoms with E-state index in [1.54, 1.807) is 0 Å². The number of amides is 5. The van der Waals surface area contributed by atoms with E-state index in [4.69, 9.17) is 5.73 Å². The van der Waals surface area contributed by atoms with Gasteiger partial charge < -0.3 is 21.7 Å². The van der Waals surface area contributed by atoms with E-state index in [9.17, 15) is 43.2 Å². The molecule has 5 amide bonds. The Morgan fingerprint density at radius 3 is 1.92 bits per heavy atom. The van der Waals surface area contributed by atoms with Crippen molar-refractivity contribution >= 4 is 29.5 Å². The SMILES string of the molecule is CC(=O)N(O)CCCCCNC(=O)CCC(=O)NCCC(F)CNC(=O)CCC(=O)N(O)CCC(F)CN. The standard InChI is InChI=1S/C23H42F2N6O7/c1-17(32)30(37)13-4-2-3-11-27-20(33)5-6-21(34)28-12-9-19(25)16-29-22(35)7-8-23(36)31(38)14-10-18(24)15-26/h18-19,37-38H,2-16,26H2,1H3,(H,27,33)(H,28,34)(H,29,35). The summed E-state index contributed by atoms with van der Waals surface area (Å²) in [7, 11) is 0. The third-order valence-corrected chi connectivity index (χ3v) is 5.38. The fourth-order valence-electron chi connectivity index (χ4n) is 2.99. The van der Waals surface area contributed by atoms with Gasteiger partial charge >= 0.3 is 0 Å². The molecule has 0 radical (unpaired) electrons. The molecule has 13 nitrogen and oxygen atoms in total. The highest BCUT2D eigenvalue weighted by Gasteiger charge is 2.16. The molecule has 0 rings (SSSR count). The van der Waals surface area contributed by atoms with Gasteiger partial charge in [0.2, 0.25) is 29.5 Å². The van der Waals surface area contributed by atoms with Gasteiger partial charge in [-0.15, -0.1) is 0 Å². The molecule has 220 valence electrons. The molecule has 0 aromatic heterocycles. The van der Waals surface area contributed by atoms with Crippen LogP contribution in [-0.2, 0) is 24.0 Å². The molecule has 0 aliphatic heterocycles. The molecule has 0 bridgehead atoms. The van der Waals surface area contributed by atoms with E-state index in [1.807, 2.05) is 0 Å². The second-order valence-corrected chi connectivity index (χ2v) is 8.73. The molecule has 0 aliphatic rings. The minimum absolute atomic E-state index is 0.00987. The second kappa shape index (κ2) is 21.1. The van der Waals surface area contributed by atoms with Crippen LogP contribution in [0.25, 0.3) is 0 Å². The van der Waals surface area contributed by atoms with Gasteiger partial charge in [-0.1, -0.05) is 0 Å². The van der Waals surface area contributed by atoms with Crippen LogP contribution in [0.2, 0.25) is 0 Å². The minimum atomic E-state index is -1.45. The lowest BCUT2D eigenvalue weighted by atomic mass is 10.2. The molecule has 38 heavy (non-hydrogen) atoms. The minimum Gasteiger partial charge on any atom is -0.356 e. The zero-order chi connectivity index (χ0) is 28.9. The van der Waals surface area contributed by atoms with Crippen LogP contribution in [0.1, 0.15) is 64.7 Å². The number of halogens is 2. The van der Waals surface area contributed by atoms with E-state index in [0.29, 0.717) is 35.9 Å². The first kappa shape index (κ1) is 35.1. The van der Waals surface area contributed by atoms with E-state index in [-0.39, 0.29) is 77.2 Å². The first-order chi connectivity index (χ1) is 18.0. The van der Waals surface area contributed by atoms with Crippen molar-refractivity contribution in [2.45, 2.75) is 77.1 Å². The molecular weight excluding hydrogens is 510 g/mol. The van der Waals surface area contributed by atoms with Crippen molar-refractivity contribution in [3.8, 4) is 0 Å². The highest BCUT2D eigenvalue weighted by molar-refractivity contribution is 5.84. The van der Waals surface area contributed by atoms with Crippen LogP contribution < -0.4 is 21.7 Å². The molecule has 0 fully saturated rings. The number of hydrogen-bond acceptors (Lipinski definition) is 8. The Hall–Kier alpha value is -2.91. The highest BCUT2D eigenvalue weighted by atomic mass is 19.1. The molecule has 0 saturated heterocycles. The van der Waals surface area contributed by atoms with Gasteiger partial charge in [0.25, 0.3) is 0 Å². The number of rotatable bonds is 21. The number of nitrogens with two attached hydrogens (primary N) is 1. The monoisotopic (exact) mass is 552 g/mol. The van der Waals surface area contributed by atoms with Gasteiger partial charge in [-0.25, -0.2) is 18.9 Å². The van der Waals surface area contributed by atoms with Gasteiger partial charge in [0.05, 0.1) is 6.54 Å². The maximum atomic E-state index is 14.0. The van der Waals surface area contributed by atoms with Gasteiger partial charge in [-0.05, 0) is 32.1 Å². The Kier molecular flexibility index (Phi) is 19.5. The molecule has 7 N–H and O–H groups in total. The van der Waals surface area contributed by atoms with Crippen molar-refractivity contribution in [1.29, 1.82) is 0 Å². The Morgan fingerprint density at radius 2 is 1.32 bits per heavy atom. The van der Waals surface area contributed by atoms with Gasteiger partial charge in [0, 0.05) is 65.3 Å². The van der Waals surface area contributed by atoms with Crippen LogP contribution in [0.4, 0.5) is 8.78 Å². The van der Waals surface area contributed by atoms with Gasteiger partial charge in [0.1, 0.15) is 12.3 Å². The van der Waals surface area contributed by atoms with Crippen molar-refractivity contribution in [3.63, 3.8) is 0 Å². The van der Waals surface area contributed by atoms with E-state index >= 15 is 0 Å². The van der Waals surface area contributed by atoms with Crippen molar-refractivity contribution in [3.05, 3.63) is 0 Å². The van der Waals surface area contributed by atoms with E-state index in [1.165, 1.54) is 6.92 Å². The lowest BCUT2D eigenvalue weighted by Gasteiger charge is -2.16. The van der Waals surface area contributed by atoms with Crippen LogP contribution in [0.3, 0.4) is 0 Å². The third-order valence-electron chi connectivity index (χ3n) is 5.38. The maximum absolute atomic E-state index is 14.0. The Labute approximate surface area is 221 Å². The quantitative estimate of drug-likeness (QED) is 0.0647. The average molecular weight is 553 g/mol. The molecule has 0 saturated carbocycles. The normalized spacial score (nSPS) is 12.3. The van der Waals surface area contributed by atoms with Crippen LogP contribution >= 0.6 is 0 Å². The number of alkyl halides is 2. The molecule has 0 aromatic rings. The third kappa shape index (κ3) is 19.2. The number of nitrogens with zero attached hydrogens (tertiary/aromatic N) is 2. The fraction of sp³-hybridized carbons (Fsp3) is 0.783. The van der Waals surface area contributed by atoms with E-state index in [0.717, 1.165) is 0 Å². The number of hydroxylamine groups is 4. The molecule has 0 aliphatic carbocycles. The second-order valence-electron chi connectivity index (χ2n) is 8.73. The summed E-state index contributed by atoms with van der Waals surface area (Å²) in [5.41, 5.74) is 5.11. The van der Waals surface area contributed by atoms with Crippen molar-refractivity contribution in [2.24, 2.45) is 5.73 Å². The summed E-state index contributed by atoms with van der Waals surface area (Å²) in [5.74, 6) is -2.51. The summed E-state index contributed by atoms with van der Waals surface area (Å²) in [5, 5.41) is 27.2. The Bertz CT molecular complexity index is 747. The number of carbonyl (C=O) groups excluding carboxylic acids is 5. The van der Waals surface area contributed by atoms with Crippen LogP contribution in [0.5, 0.6) is 0 Å². The predicted molar refractivity (Wildman–Crippen MR) is 132 cm³/mol. The molecule has 15 heteroatoms. The molecular formula is C23H42F2N6O7. The topological polar surface area (TPSA) is 194 Å². The van der Waals surface area contributed by atoms with Crippen LogP contribution in [0.15, 0.2) is 0 Å². The number of unbranched alkanes of at least 4 members (excludes halogenated alkanes) is 2. The summed E-state index contributed by atoms with van der Waals surface area (Å²) in [6.45, 7) is 1.09. The molecule has 0 spiro atoms. The highest BCUT2D eigenvalue weighted by Crippen LogP contribution is 2.02. The Morgan fingerprint density at radius 1 is 0.737 bits per heavy atom. The number of carbonyl (C=O) groups is 5. The van der Waals surface area contributed by atoms with Crippen LogP contribution in [-0.4, -0.2) is 102 Å². The zero-order valence-corrected chi connectivity index (χ0v) is 21.9. The summed E-state index contributed by atoms with van der Waals surface area (Å²) in [4.78, 5) is 57.9. The first-order valence-corrected chi connectivity index (χ1v) is 12.7. The van der Waals surface area contributed by atoms with Gasteiger partial charge in [-0.3, -0.25) is 34.4 Å². The van der Waals surface area contributed by atoms with E-state index < -0.39 is 36.0 Å². The summed E-state index contributed by atoms with van der Waals surface area (Å²) < 4.78 is 27.0. The zero-order valence-electron chi connectivity index (χ0n) is 21.9. The van der Waals surface area contributed by atoms with Crippen molar-refractivity contribution in [2.75, 3.05) is 39.3 Å². The summed E-state index contributed by atoms with van der Waals surface area (Å²) in [6, 6.07) is 0. The number of hydrogen-bond donors (Lipinski definition) is 6. The molecule has 0 heterocycles. The fourth-order valence-corrected chi connectivity index (χ4v) is 2.99. The van der Waals surface area contributed by atoms with Crippen LogP contribution in [0, 0.1) is 0 Å². The lowest BCUT2D eigenvalue weighted by Crippen LogP contribution is -2.35. The maximum Gasteiger partial charge on any atom is 0.246 e. The Balaban J connectivity index is 3.81.